The predicted octanol–water partition coefficient (Wildman–Crippen LogP) is 6.92. The van der Waals surface area contributed by atoms with Crippen molar-refractivity contribution in [3.63, 3.8) is 0 Å². The second kappa shape index (κ2) is 15.0. The van der Waals surface area contributed by atoms with Crippen LogP contribution in [0.15, 0.2) is 72.8 Å². The first-order valence-electron chi connectivity index (χ1n) is 12.2. The van der Waals surface area contributed by atoms with Crippen molar-refractivity contribution in [3.05, 3.63) is 105 Å². The Bertz CT molecular complexity index is 1140. The van der Waals surface area contributed by atoms with Gasteiger partial charge in [0.2, 0.25) is 11.8 Å². The lowest BCUT2D eigenvalue weighted by Crippen LogP contribution is -2.51. The lowest BCUT2D eigenvalue weighted by molar-refractivity contribution is -0.139. The minimum absolute atomic E-state index is 0.104. The molecule has 1 atom stereocenters. The quantitative estimate of drug-likeness (QED) is 0.231. The molecular weight excluding hydrogens is 530 g/mol. The van der Waals surface area contributed by atoms with Crippen LogP contribution in [-0.4, -0.2) is 35.1 Å². The molecule has 2 amide bonds. The van der Waals surface area contributed by atoms with E-state index in [1.807, 2.05) is 30.3 Å². The maximum absolute atomic E-state index is 13.7. The van der Waals surface area contributed by atoms with Crippen molar-refractivity contribution in [2.45, 2.75) is 44.5 Å². The van der Waals surface area contributed by atoms with E-state index in [9.17, 15) is 14.0 Å². The summed E-state index contributed by atoms with van der Waals surface area (Å²) < 4.78 is 13.2. The van der Waals surface area contributed by atoms with Gasteiger partial charge in [-0.3, -0.25) is 9.59 Å². The molecule has 0 saturated carbocycles. The van der Waals surface area contributed by atoms with Crippen molar-refractivity contribution >= 4 is 46.8 Å². The molecule has 0 unspecified atom stereocenters. The van der Waals surface area contributed by atoms with Crippen LogP contribution in [0.25, 0.3) is 0 Å². The van der Waals surface area contributed by atoms with E-state index in [1.54, 1.807) is 35.2 Å². The summed E-state index contributed by atoms with van der Waals surface area (Å²) in [6.45, 7) is 2.70. The average Bonchev–Trinajstić information content (AvgIpc) is 2.89. The maximum Gasteiger partial charge on any atom is 0.243 e. The normalized spacial score (nSPS) is 11.7. The molecule has 0 radical (unpaired) electrons. The number of halogens is 3. The van der Waals surface area contributed by atoms with Crippen molar-refractivity contribution in [1.29, 1.82) is 0 Å². The SMILES string of the molecule is CCCCNC(=O)[C@H](Cc1ccccc1)N(Cc1c(Cl)cccc1Cl)C(=O)CSCc1ccc(F)cc1. The predicted molar refractivity (Wildman–Crippen MR) is 151 cm³/mol. The van der Waals surface area contributed by atoms with Gasteiger partial charge in [0.15, 0.2) is 0 Å². The number of carbonyl (C=O) groups excluding carboxylic acids is 2. The molecule has 37 heavy (non-hydrogen) atoms. The summed E-state index contributed by atoms with van der Waals surface area (Å²) >= 11 is 14.3. The summed E-state index contributed by atoms with van der Waals surface area (Å²) in [5.41, 5.74) is 2.46. The van der Waals surface area contributed by atoms with Crippen LogP contribution in [0.3, 0.4) is 0 Å². The number of amides is 2. The molecule has 0 saturated heterocycles. The van der Waals surface area contributed by atoms with E-state index in [-0.39, 0.29) is 29.9 Å². The molecule has 1 N–H and O–H groups in total. The zero-order valence-electron chi connectivity index (χ0n) is 20.8. The fourth-order valence-electron chi connectivity index (χ4n) is 3.83. The first-order valence-corrected chi connectivity index (χ1v) is 14.2. The van der Waals surface area contributed by atoms with E-state index in [2.05, 4.69) is 12.2 Å². The zero-order chi connectivity index (χ0) is 26.6. The number of nitrogens with zero attached hydrogens (tertiary/aromatic N) is 1. The Morgan fingerprint density at radius 3 is 2.27 bits per heavy atom. The topological polar surface area (TPSA) is 49.4 Å². The molecule has 0 spiro atoms. The largest absolute Gasteiger partial charge is 0.354 e. The Morgan fingerprint density at radius 1 is 0.946 bits per heavy atom. The van der Waals surface area contributed by atoms with Crippen molar-refractivity contribution < 1.29 is 14.0 Å². The second-order valence-corrected chi connectivity index (χ2v) is 10.5. The highest BCUT2D eigenvalue weighted by Gasteiger charge is 2.31. The fourth-order valence-corrected chi connectivity index (χ4v) is 5.22. The van der Waals surface area contributed by atoms with Gasteiger partial charge in [-0.05, 0) is 41.8 Å². The molecule has 0 heterocycles. The number of hydrogen-bond acceptors (Lipinski definition) is 3. The van der Waals surface area contributed by atoms with Gasteiger partial charge in [-0.25, -0.2) is 4.39 Å². The summed E-state index contributed by atoms with van der Waals surface area (Å²) in [5, 5.41) is 3.88. The average molecular weight is 562 g/mol. The molecule has 0 fully saturated rings. The van der Waals surface area contributed by atoms with Gasteiger partial charge in [-0.15, -0.1) is 11.8 Å². The lowest BCUT2D eigenvalue weighted by Gasteiger charge is -2.32. The smallest absolute Gasteiger partial charge is 0.243 e. The number of nitrogens with one attached hydrogen (secondary N) is 1. The first-order chi connectivity index (χ1) is 17.9. The molecule has 8 heteroatoms. The Labute approximate surface area is 232 Å². The Kier molecular flexibility index (Phi) is 11.8. The summed E-state index contributed by atoms with van der Waals surface area (Å²) in [5.74, 6) is -0.0244. The molecule has 0 aromatic heterocycles. The van der Waals surface area contributed by atoms with Crippen LogP contribution in [0, 0.1) is 5.82 Å². The zero-order valence-corrected chi connectivity index (χ0v) is 23.1. The highest BCUT2D eigenvalue weighted by atomic mass is 35.5. The molecule has 4 nitrogen and oxygen atoms in total. The second-order valence-electron chi connectivity index (χ2n) is 8.69. The molecule has 0 aliphatic rings. The third-order valence-electron chi connectivity index (χ3n) is 5.90. The van der Waals surface area contributed by atoms with E-state index in [0.29, 0.717) is 34.3 Å². The van der Waals surface area contributed by atoms with Gasteiger partial charge in [0.05, 0.1) is 5.75 Å². The van der Waals surface area contributed by atoms with Gasteiger partial charge >= 0.3 is 0 Å². The number of hydrogen-bond donors (Lipinski definition) is 1. The molecule has 3 aromatic rings. The minimum atomic E-state index is -0.745. The van der Waals surface area contributed by atoms with E-state index in [0.717, 1.165) is 24.0 Å². The summed E-state index contributed by atoms with van der Waals surface area (Å²) in [6, 6.07) is 20.3. The number of benzene rings is 3. The highest BCUT2D eigenvalue weighted by Crippen LogP contribution is 2.28. The monoisotopic (exact) mass is 560 g/mol. The van der Waals surface area contributed by atoms with Crippen molar-refractivity contribution in [3.8, 4) is 0 Å². The van der Waals surface area contributed by atoms with E-state index in [1.165, 1.54) is 23.9 Å². The minimum Gasteiger partial charge on any atom is -0.354 e. The summed E-state index contributed by atoms with van der Waals surface area (Å²) in [4.78, 5) is 28.7. The first kappa shape index (κ1) is 29.0. The number of thioether (sulfide) groups is 1. The standard InChI is InChI=1S/C29H31Cl2FN2O2S/c1-2-3-16-33-29(36)27(17-21-8-5-4-6-9-21)34(18-24-25(30)10-7-11-26(24)31)28(35)20-37-19-22-12-14-23(32)15-13-22/h4-15,27H,2-3,16-20H2,1H3,(H,33,36)/t27-/m0/s1. The van der Waals surface area contributed by atoms with Crippen molar-refractivity contribution in [2.75, 3.05) is 12.3 Å². The third kappa shape index (κ3) is 9.06. The number of unbranched alkanes of at least 4 members (excludes halogenated alkanes) is 1. The van der Waals surface area contributed by atoms with Crippen LogP contribution in [0.2, 0.25) is 10.0 Å². The summed E-state index contributed by atoms with van der Waals surface area (Å²) in [7, 11) is 0. The van der Waals surface area contributed by atoms with Gasteiger partial charge in [-0.1, -0.05) is 85.1 Å². The Hall–Kier alpha value is -2.54. The maximum atomic E-state index is 13.7. The third-order valence-corrected chi connectivity index (χ3v) is 7.60. The van der Waals surface area contributed by atoms with Crippen LogP contribution < -0.4 is 5.32 Å². The molecule has 0 bridgehead atoms. The van der Waals surface area contributed by atoms with E-state index in [4.69, 9.17) is 23.2 Å². The molecule has 0 aliphatic heterocycles. The summed E-state index contributed by atoms with van der Waals surface area (Å²) in [6.07, 6.45) is 2.15. The van der Waals surface area contributed by atoms with E-state index < -0.39 is 6.04 Å². The van der Waals surface area contributed by atoms with Gasteiger partial charge in [-0.2, -0.15) is 0 Å². The molecule has 3 rings (SSSR count). The molecule has 3 aromatic carbocycles. The van der Waals surface area contributed by atoms with Gasteiger partial charge < -0.3 is 10.2 Å². The van der Waals surface area contributed by atoms with Crippen LogP contribution in [0.1, 0.15) is 36.5 Å². The van der Waals surface area contributed by atoms with E-state index >= 15 is 0 Å². The Balaban J connectivity index is 1.87. The number of rotatable bonds is 13. The molecular formula is C29H31Cl2FN2O2S. The van der Waals surface area contributed by atoms with Crippen LogP contribution in [-0.2, 0) is 28.3 Å². The lowest BCUT2D eigenvalue weighted by atomic mass is 10.0. The van der Waals surface area contributed by atoms with Gasteiger partial charge in [0.25, 0.3) is 0 Å². The van der Waals surface area contributed by atoms with Gasteiger partial charge in [0.1, 0.15) is 11.9 Å². The van der Waals surface area contributed by atoms with Crippen molar-refractivity contribution in [2.24, 2.45) is 0 Å². The molecule has 196 valence electrons. The fraction of sp³-hybridized carbons (Fsp3) is 0.310. The Morgan fingerprint density at radius 2 is 1.62 bits per heavy atom. The highest BCUT2D eigenvalue weighted by molar-refractivity contribution is 7.99. The van der Waals surface area contributed by atoms with Gasteiger partial charge in [0, 0.05) is 40.9 Å². The van der Waals surface area contributed by atoms with Crippen LogP contribution in [0.5, 0.6) is 0 Å². The van der Waals surface area contributed by atoms with Crippen LogP contribution >= 0.6 is 35.0 Å². The van der Waals surface area contributed by atoms with Crippen molar-refractivity contribution in [1.82, 2.24) is 10.2 Å². The van der Waals surface area contributed by atoms with Crippen LogP contribution in [0.4, 0.5) is 4.39 Å². The number of carbonyl (C=O) groups is 2. The molecule has 0 aliphatic carbocycles.